The first-order valence-electron chi connectivity index (χ1n) is 6.44. The molecule has 0 amide bonds. The second kappa shape index (κ2) is 7.69. The van der Waals surface area contributed by atoms with Gasteiger partial charge in [0.1, 0.15) is 11.3 Å². The van der Waals surface area contributed by atoms with Gasteiger partial charge in [-0.05, 0) is 19.3 Å². The zero-order chi connectivity index (χ0) is 13.4. The smallest absolute Gasteiger partial charge is 0.345 e. The number of ketones is 1. The Morgan fingerprint density at radius 1 is 1.28 bits per heavy atom. The van der Waals surface area contributed by atoms with E-state index >= 15 is 0 Å². The average molecular weight is 252 g/mol. The number of esters is 1. The highest BCUT2D eigenvalue weighted by Crippen LogP contribution is 2.16. The zero-order valence-corrected chi connectivity index (χ0v) is 10.8. The number of aliphatic hydroxyl groups excluding tert-OH is 1. The van der Waals surface area contributed by atoms with E-state index in [1.165, 1.54) is 19.3 Å². The molecule has 0 saturated carbocycles. The van der Waals surface area contributed by atoms with Crippen molar-refractivity contribution >= 4 is 11.8 Å². The number of hydrogen-bond donors (Lipinski definition) is 1. The summed E-state index contributed by atoms with van der Waals surface area (Å²) in [5, 5.41) is 9.65. The van der Waals surface area contributed by atoms with Crippen molar-refractivity contribution in [3.8, 4) is 0 Å². The van der Waals surface area contributed by atoms with Gasteiger partial charge in [-0.2, -0.15) is 0 Å². The van der Waals surface area contributed by atoms with Gasteiger partial charge in [0.05, 0.1) is 0 Å². The molecule has 4 heteroatoms. The quantitative estimate of drug-likeness (QED) is 0.189. The summed E-state index contributed by atoms with van der Waals surface area (Å²) in [6.45, 7) is 1.91. The fraction of sp³-hybridized carbons (Fsp3) is 0.571. The van der Waals surface area contributed by atoms with Crippen molar-refractivity contribution in [2.45, 2.75) is 45.4 Å². The van der Waals surface area contributed by atoms with Crippen LogP contribution in [0.25, 0.3) is 0 Å². The molecule has 0 radical (unpaired) electrons. The van der Waals surface area contributed by atoms with Gasteiger partial charge in [0.2, 0.25) is 5.78 Å². The van der Waals surface area contributed by atoms with E-state index in [4.69, 9.17) is 0 Å². The molecule has 0 atom stereocenters. The molecule has 0 spiro atoms. The number of allylic oxidation sites excluding steroid dienone is 3. The first kappa shape index (κ1) is 14.5. The summed E-state index contributed by atoms with van der Waals surface area (Å²) in [5.41, 5.74) is -0.172. The van der Waals surface area contributed by atoms with E-state index in [0.717, 1.165) is 6.42 Å². The van der Waals surface area contributed by atoms with Gasteiger partial charge in [-0.25, -0.2) is 4.79 Å². The van der Waals surface area contributed by atoms with Crippen molar-refractivity contribution in [2.24, 2.45) is 0 Å². The van der Waals surface area contributed by atoms with Gasteiger partial charge >= 0.3 is 5.97 Å². The van der Waals surface area contributed by atoms with Crippen LogP contribution in [0.5, 0.6) is 0 Å². The highest BCUT2D eigenvalue weighted by molar-refractivity contribution is 6.22. The van der Waals surface area contributed by atoms with Crippen molar-refractivity contribution in [3.05, 3.63) is 23.5 Å². The third-order valence-electron chi connectivity index (χ3n) is 2.79. The van der Waals surface area contributed by atoms with Crippen molar-refractivity contribution in [3.63, 3.8) is 0 Å². The molecular weight excluding hydrogens is 232 g/mol. The van der Waals surface area contributed by atoms with Gasteiger partial charge in [0.25, 0.3) is 0 Å². The number of unbranched alkanes of at least 4 members (excludes halogenated alkanes) is 3. The van der Waals surface area contributed by atoms with Gasteiger partial charge in [0.15, 0.2) is 6.61 Å². The molecule has 1 N–H and O–H groups in total. The molecule has 4 nitrogen and oxygen atoms in total. The van der Waals surface area contributed by atoms with Crippen LogP contribution < -0.4 is 0 Å². The molecule has 1 rings (SSSR count). The molecule has 1 fully saturated rings. The highest BCUT2D eigenvalue weighted by atomic mass is 16.5. The summed E-state index contributed by atoms with van der Waals surface area (Å²) < 4.78 is 4.55. The molecule has 1 heterocycles. The fourth-order valence-corrected chi connectivity index (χ4v) is 1.76. The van der Waals surface area contributed by atoms with Crippen LogP contribution in [-0.4, -0.2) is 23.5 Å². The van der Waals surface area contributed by atoms with Crippen molar-refractivity contribution in [1.29, 1.82) is 0 Å². The molecule has 1 aliphatic rings. The number of carbonyl (C=O) groups excluding carboxylic acids is 2. The third kappa shape index (κ3) is 4.35. The van der Waals surface area contributed by atoms with Gasteiger partial charge in [0, 0.05) is 6.42 Å². The molecule has 0 unspecified atom stereocenters. The first-order chi connectivity index (χ1) is 8.66. The summed E-state index contributed by atoms with van der Waals surface area (Å²) in [6, 6.07) is 0. The second-order valence-corrected chi connectivity index (χ2v) is 4.33. The second-order valence-electron chi connectivity index (χ2n) is 4.33. The largest absolute Gasteiger partial charge is 0.511 e. The normalized spacial score (nSPS) is 18.5. The minimum Gasteiger partial charge on any atom is -0.511 e. The molecule has 0 bridgehead atoms. The Balaban J connectivity index is 2.32. The van der Waals surface area contributed by atoms with Crippen molar-refractivity contribution in [2.75, 3.05) is 6.61 Å². The molecular formula is C14H20O4. The van der Waals surface area contributed by atoms with Crippen LogP contribution in [0.2, 0.25) is 0 Å². The number of ether oxygens (including phenoxy) is 1. The van der Waals surface area contributed by atoms with E-state index in [0.29, 0.717) is 12.8 Å². The predicted octanol–water partition coefficient (Wildman–Crippen LogP) is 2.84. The lowest BCUT2D eigenvalue weighted by molar-refractivity contribution is -0.135. The molecule has 100 valence electrons. The lowest BCUT2D eigenvalue weighted by Gasteiger charge is -1.98. The van der Waals surface area contributed by atoms with Gasteiger partial charge in [-0.3, -0.25) is 4.79 Å². The first-order valence-corrected chi connectivity index (χ1v) is 6.44. The van der Waals surface area contributed by atoms with Gasteiger partial charge in [-0.15, -0.1) is 0 Å². The Kier molecular flexibility index (Phi) is 6.19. The average Bonchev–Trinajstić information content (AvgIpc) is 2.68. The molecule has 1 saturated heterocycles. The summed E-state index contributed by atoms with van der Waals surface area (Å²) in [4.78, 5) is 22.4. The Labute approximate surface area is 107 Å². The van der Waals surface area contributed by atoms with E-state index in [2.05, 4.69) is 17.7 Å². The molecule has 1 aliphatic heterocycles. The van der Waals surface area contributed by atoms with Crippen LogP contribution in [-0.2, 0) is 14.3 Å². The summed E-state index contributed by atoms with van der Waals surface area (Å²) in [7, 11) is 0. The maximum Gasteiger partial charge on any atom is 0.345 e. The van der Waals surface area contributed by atoms with Crippen LogP contribution in [0.3, 0.4) is 0 Å². The van der Waals surface area contributed by atoms with Crippen LogP contribution in [0, 0.1) is 0 Å². The minimum atomic E-state index is -0.704. The van der Waals surface area contributed by atoms with Crippen molar-refractivity contribution < 1.29 is 19.4 Å². The Morgan fingerprint density at radius 3 is 2.61 bits per heavy atom. The molecule has 0 aromatic heterocycles. The maximum absolute atomic E-state index is 11.3. The van der Waals surface area contributed by atoms with E-state index in [9.17, 15) is 14.7 Å². The maximum atomic E-state index is 11.3. The van der Waals surface area contributed by atoms with Gasteiger partial charge < -0.3 is 9.84 Å². The Hall–Kier alpha value is -1.58. The van der Waals surface area contributed by atoms with E-state index < -0.39 is 11.8 Å². The zero-order valence-electron chi connectivity index (χ0n) is 10.8. The lowest BCUT2D eigenvalue weighted by Crippen LogP contribution is -2.05. The molecule has 0 aromatic carbocycles. The number of Topliss-reactive ketones (excluding diaryl/α,β-unsaturated/α-hetero) is 1. The molecule has 18 heavy (non-hydrogen) atoms. The Bertz CT molecular complexity index is 348. The number of rotatable bonds is 7. The minimum absolute atomic E-state index is 0.152. The van der Waals surface area contributed by atoms with Crippen molar-refractivity contribution in [1.82, 2.24) is 0 Å². The highest BCUT2D eigenvalue weighted by Gasteiger charge is 2.31. The molecule has 0 aliphatic carbocycles. The van der Waals surface area contributed by atoms with Gasteiger partial charge in [-0.1, -0.05) is 31.9 Å². The van der Waals surface area contributed by atoms with E-state index in [1.807, 2.05) is 6.08 Å². The predicted molar refractivity (Wildman–Crippen MR) is 68.1 cm³/mol. The van der Waals surface area contributed by atoms with Crippen LogP contribution in [0.15, 0.2) is 23.5 Å². The third-order valence-corrected chi connectivity index (χ3v) is 2.79. The topological polar surface area (TPSA) is 63.6 Å². The number of carbonyl (C=O) groups is 2. The van der Waals surface area contributed by atoms with E-state index in [1.54, 1.807) is 0 Å². The van der Waals surface area contributed by atoms with Crippen LogP contribution in [0.1, 0.15) is 45.4 Å². The summed E-state index contributed by atoms with van der Waals surface area (Å²) in [6.07, 6.45) is 9.60. The standard InChI is InChI=1S/C14H20O4/c1-2-3-4-5-6-7-8-9-11(15)13-12(16)10-18-14(13)17/h6-7,15H,2-5,8-10H2,1H3/b7-6+,13-11?. The number of aliphatic hydroxyl groups is 1. The summed E-state index contributed by atoms with van der Waals surface area (Å²) >= 11 is 0. The van der Waals surface area contributed by atoms with E-state index in [-0.39, 0.29) is 17.9 Å². The number of hydrogen-bond acceptors (Lipinski definition) is 4. The fourth-order valence-electron chi connectivity index (χ4n) is 1.76. The Morgan fingerprint density at radius 2 is 2.00 bits per heavy atom. The number of cyclic esters (lactones) is 1. The summed E-state index contributed by atoms with van der Waals surface area (Å²) in [5.74, 6) is -1.28. The van der Waals surface area contributed by atoms with Crippen LogP contribution in [0.4, 0.5) is 0 Å². The monoisotopic (exact) mass is 252 g/mol. The SMILES string of the molecule is CCCCC/C=C/CCC(O)=C1C(=O)COC1=O. The molecule has 0 aromatic rings. The lowest BCUT2D eigenvalue weighted by atomic mass is 10.1. The van der Waals surface area contributed by atoms with Crippen LogP contribution >= 0.6 is 0 Å².